The van der Waals surface area contributed by atoms with Crippen LogP contribution < -0.4 is 5.32 Å². The number of hydrogen-bond acceptors (Lipinski definition) is 5. The van der Waals surface area contributed by atoms with Crippen molar-refractivity contribution in [1.29, 1.82) is 0 Å². The number of nitrogens with zero attached hydrogens (tertiary/aromatic N) is 3. The Morgan fingerprint density at radius 3 is 2.95 bits per heavy atom. The van der Waals surface area contributed by atoms with Crippen molar-refractivity contribution in [2.75, 3.05) is 18.9 Å². The summed E-state index contributed by atoms with van der Waals surface area (Å²) in [5.41, 5.74) is 1.88. The summed E-state index contributed by atoms with van der Waals surface area (Å²) in [5, 5.41) is 10.5. The first kappa shape index (κ1) is 14.0. The summed E-state index contributed by atoms with van der Waals surface area (Å²) in [6.07, 6.45) is 6.22. The summed E-state index contributed by atoms with van der Waals surface area (Å²) in [7, 11) is 2.02. The standard InChI is InChI=1S/C15H20N4O2/c1-19(11-6-3-2-4-7-11)10-14(20)16-12-8-5-9-13-15(12)18-21-17-13/h5,8-9,11H,2-4,6-7,10H2,1H3,(H,16,20). The van der Waals surface area contributed by atoms with Crippen molar-refractivity contribution in [3.8, 4) is 0 Å². The Balaban J connectivity index is 1.62. The number of amides is 1. The van der Waals surface area contributed by atoms with Crippen molar-refractivity contribution in [2.24, 2.45) is 0 Å². The first-order chi connectivity index (χ1) is 10.2. The maximum atomic E-state index is 12.2. The van der Waals surface area contributed by atoms with Crippen LogP contribution in [0.15, 0.2) is 22.8 Å². The van der Waals surface area contributed by atoms with Crippen LogP contribution in [-0.2, 0) is 4.79 Å². The average molecular weight is 288 g/mol. The first-order valence-corrected chi connectivity index (χ1v) is 7.45. The molecule has 2 aromatic rings. The molecule has 21 heavy (non-hydrogen) atoms. The van der Waals surface area contributed by atoms with Crippen molar-refractivity contribution in [2.45, 2.75) is 38.1 Å². The van der Waals surface area contributed by atoms with Crippen LogP contribution in [0.2, 0.25) is 0 Å². The zero-order valence-electron chi connectivity index (χ0n) is 12.2. The molecule has 112 valence electrons. The molecule has 1 aliphatic carbocycles. The molecule has 0 radical (unpaired) electrons. The number of anilines is 1. The van der Waals surface area contributed by atoms with Gasteiger partial charge in [0.25, 0.3) is 0 Å². The van der Waals surface area contributed by atoms with Gasteiger partial charge in [-0.25, -0.2) is 4.63 Å². The number of likely N-dealkylation sites (N-methyl/N-ethyl adjacent to an activating group) is 1. The molecule has 0 saturated heterocycles. The van der Waals surface area contributed by atoms with Gasteiger partial charge in [-0.2, -0.15) is 0 Å². The van der Waals surface area contributed by atoms with Gasteiger partial charge < -0.3 is 5.32 Å². The number of nitrogens with one attached hydrogen (secondary N) is 1. The van der Waals surface area contributed by atoms with Crippen LogP contribution in [0.5, 0.6) is 0 Å². The van der Waals surface area contributed by atoms with Crippen molar-refractivity contribution < 1.29 is 9.42 Å². The molecule has 0 unspecified atom stereocenters. The van der Waals surface area contributed by atoms with Crippen molar-refractivity contribution in [3.05, 3.63) is 18.2 Å². The monoisotopic (exact) mass is 288 g/mol. The molecule has 6 heteroatoms. The van der Waals surface area contributed by atoms with E-state index in [1.807, 2.05) is 19.2 Å². The van der Waals surface area contributed by atoms with Crippen LogP contribution >= 0.6 is 0 Å². The van der Waals surface area contributed by atoms with Crippen molar-refractivity contribution in [3.63, 3.8) is 0 Å². The van der Waals surface area contributed by atoms with E-state index < -0.39 is 0 Å². The summed E-state index contributed by atoms with van der Waals surface area (Å²) in [4.78, 5) is 14.3. The minimum absolute atomic E-state index is 0.0291. The first-order valence-electron chi connectivity index (χ1n) is 7.45. The minimum Gasteiger partial charge on any atom is -0.323 e. The van der Waals surface area contributed by atoms with E-state index in [0.717, 1.165) is 0 Å². The van der Waals surface area contributed by atoms with Crippen LogP contribution in [-0.4, -0.2) is 40.8 Å². The third-order valence-corrected chi connectivity index (χ3v) is 4.15. The molecule has 1 fully saturated rings. The minimum atomic E-state index is -0.0291. The third kappa shape index (κ3) is 3.21. The van der Waals surface area contributed by atoms with Gasteiger partial charge in [0.05, 0.1) is 12.2 Å². The quantitative estimate of drug-likeness (QED) is 0.935. The molecule has 1 aromatic heterocycles. The molecule has 1 amide bonds. The smallest absolute Gasteiger partial charge is 0.238 e. The second-order valence-corrected chi connectivity index (χ2v) is 5.69. The maximum absolute atomic E-state index is 12.2. The highest BCUT2D eigenvalue weighted by Gasteiger charge is 2.20. The van der Waals surface area contributed by atoms with Crippen molar-refractivity contribution >= 4 is 22.6 Å². The number of fused-ring (bicyclic) bond motifs is 1. The van der Waals surface area contributed by atoms with E-state index in [4.69, 9.17) is 4.63 Å². The van der Waals surface area contributed by atoms with E-state index >= 15 is 0 Å². The fourth-order valence-corrected chi connectivity index (χ4v) is 2.97. The largest absolute Gasteiger partial charge is 0.323 e. The number of carbonyl (C=O) groups is 1. The highest BCUT2D eigenvalue weighted by Crippen LogP contribution is 2.22. The lowest BCUT2D eigenvalue weighted by Crippen LogP contribution is -2.39. The molecule has 1 N–H and O–H groups in total. The van der Waals surface area contributed by atoms with Crippen LogP contribution in [0.4, 0.5) is 5.69 Å². The van der Waals surface area contributed by atoms with Gasteiger partial charge in [-0.1, -0.05) is 25.3 Å². The Hall–Kier alpha value is -1.95. The van der Waals surface area contributed by atoms with Crippen LogP contribution in [0.3, 0.4) is 0 Å². The van der Waals surface area contributed by atoms with Gasteiger partial charge in [0.1, 0.15) is 5.52 Å². The molecule has 0 spiro atoms. The van der Waals surface area contributed by atoms with Crippen LogP contribution in [0.1, 0.15) is 32.1 Å². The summed E-state index contributed by atoms with van der Waals surface area (Å²) >= 11 is 0. The molecule has 0 aliphatic heterocycles. The van der Waals surface area contributed by atoms with Crippen LogP contribution in [0.25, 0.3) is 11.0 Å². The number of hydrogen-bond donors (Lipinski definition) is 1. The molecule has 1 aliphatic rings. The molecule has 3 rings (SSSR count). The highest BCUT2D eigenvalue weighted by atomic mass is 16.6. The molecule has 0 atom stereocenters. The van der Waals surface area contributed by atoms with Gasteiger partial charge in [0.15, 0.2) is 5.52 Å². The van der Waals surface area contributed by atoms with E-state index in [0.29, 0.717) is 29.3 Å². The van der Waals surface area contributed by atoms with E-state index in [2.05, 4.69) is 20.5 Å². The second kappa shape index (κ2) is 6.22. The van der Waals surface area contributed by atoms with Gasteiger partial charge in [-0.05, 0) is 42.3 Å². The highest BCUT2D eigenvalue weighted by molar-refractivity contribution is 5.99. The Kier molecular flexibility index (Phi) is 4.15. The fraction of sp³-hybridized carbons (Fsp3) is 0.533. The lowest BCUT2D eigenvalue weighted by molar-refractivity contribution is -0.117. The lowest BCUT2D eigenvalue weighted by atomic mass is 9.94. The third-order valence-electron chi connectivity index (χ3n) is 4.15. The number of aromatic nitrogens is 2. The topological polar surface area (TPSA) is 71.3 Å². The Labute approximate surface area is 123 Å². The molecular formula is C15H20N4O2. The number of benzene rings is 1. The van der Waals surface area contributed by atoms with E-state index in [-0.39, 0.29) is 5.91 Å². The number of carbonyl (C=O) groups excluding carboxylic acids is 1. The molecule has 0 bridgehead atoms. The van der Waals surface area contributed by atoms with Gasteiger partial charge in [-0.3, -0.25) is 9.69 Å². The maximum Gasteiger partial charge on any atom is 0.238 e. The van der Waals surface area contributed by atoms with E-state index in [9.17, 15) is 4.79 Å². The summed E-state index contributed by atoms with van der Waals surface area (Å²) in [5.74, 6) is -0.0291. The summed E-state index contributed by atoms with van der Waals surface area (Å²) < 4.78 is 4.70. The lowest BCUT2D eigenvalue weighted by Gasteiger charge is -2.30. The van der Waals surface area contributed by atoms with Crippen LogP contribution in [0, 0.1) is 0 Å². The zero-order chi connectivity index (χ0) is 14.7. The molecule has 6 nitrogen and oxygen atoms in total. The zero-order valence-corrected chi connectivity index (χ0v) is 12.2. The van der Waals surface area contributed by atoms with Gasteiger partial charge in [0.2, 0.25) is 5.91 Å². The van der Waals surface area contributed by atoms with E-state index in [1.54, 1.807) is 6.07 Å². The predicted octanol–water partition coefficient (Wildman–Crippen LogP) is 2.43. The normalized spacial score (nSPS) is 16.5. The Bertz CT molecular complexity index is 619. The molecule has 1 saturated carbocycles. The van der Waals surface area contributed by atoms with Gasteiger partial charge >= 0.3 is 0 Å². The second-order valence-electron chi connectivity index (χ2n) is 5.69. The summed E-state index contributed by atoms with van der Waals surface area (Å²) in [6, 6.07) is 5.96. The molecule has 1 heterocycles. The summed E-state index contributed by atoms with van der Waals surface area (Å²) in [6.45, 7) is 0.395. The fourth-order valence-electron chi connectivity index (χ4n) is 2.97. The van der Waals surface area contributed by atoms with Gasteiger partial charge in [-0.15, -0.1) is 0 Å². The van der Waals surface area contributed by atoms with E-state index in [1.165, 1.54) is 32.1 Å². The average Bonchev–Trinajstić information content (AvgIpc) is 2.97. The molecule has 1 aromatic carbocycles. The predicted molar refractivity (Wildman–Crippen MR) is 79.9 cm³/mol. The number of rotatable bonds is 4. The SMILES string of the molecule is CN(CC(=O)Nc1cccc2nonc12)C1CCCCC1. The van der Waals surface area contributed by atoms with Gasteiger partial charge in [0, 0.05) is 6.04 Å². The Morgan fingerprint density at radius 1 is 1.33 bits per heavy atom. The van der Waals surface area contributed by atoms with Crippen molar-refractivity contribution in [1.82, 2.24) is 15.2 Å². The molecular weight excluding hydrogens is 268 g/mol. The Morgan fingerprint density at radius 2 is 2.14 bits per heavy atom.